The van der Waals surface area contributed by atoms with E-state index in [0.717, 1.165) is 42.2 Å². The molecule has 1 fully saturated rings. The molecule has 6 heteroatoms. The highest BCUT2D eigenvalue weighted by atomic mass is 79.9. The van der Waals surface area contributed by atoms with E-state index in [-0.39, 0.29) is 5.91 Å². The third kappa shape index (κ3) is 4.53. The van der Waals surface area contributed by atoms with E-state index in [1.54, 1.807) is 6.20 Å². The molecule has 1 saturated heterocycles. The van der Waals surface area contributed by atoms with E-state index in [1.165, 1.54) is 0 Å². The molecule has 5 nitrogen and oxygen atoms in total. The Balaban J connectivity index is 1.58. The zero-order valence-corrected chi connectivity index (χ0v) is 14.3. The Morgan fingerprint density at radius 2 is 2.09 bits per heavy atom. The minimum atomic E-state index is -0.0518. The summed E-state index contributed by atoms with van der Waals surface area (Å²) in [6.07, 6.45) is 2.04. The lowest BCUT2D eigenvalue weighted by Gasteiger charge is -2.27. The van der Waals surface area contributed by atoms with Gasteiger partial charge in [0.05, 0.1) is 31.5 Å². The summed E-state index contributed by atoms with van der Waals surface area (Å²) < 4.78 is 6.30. The number of nitrogens with zero attached hydrogens (tertiary/aromatic N) is 2. The van der Waals surface area contributed by atoms with Crippen LogP contribution in [0.3, 0.4) is 0 Å². The van der Waals surface area contributed by atoms with Gasteiger partial charge < -0.3 is 15.0 Å². The molecule has 23 heavy (non-hydrogen) atoms. The second-order valence-corrected chi connectivity index (χ2v) is 6.28. The molecule has 1 aromatic heterocycles. The summed E-state index contributed by atoms with van der Waals surface area (Å²) in [4.78, 5) is 18.7. The van der Waals surface area contributed by atoms with E-state index >= 15 is 0 Å². The van der Waals surface area contributed by atoms with Gasteiger partial charge >= 0.3 is 0 Å². The van der Waals surface area contributed by atoms with E-state index in [0.29, 0.717) is 12.1 Å². The molecule has 120 valence electrons. The largest absolute Gasteiger partial charge is 0.378 e. The number of carbonyl (C=O) groups is 1. The van der Waals surface area contributed by atoms with Crippen LogP contribution in [-0.2, 0) is 16.0 Å². The average molecular weight is 376 g/mol. The molecule has 0 spiro atoms. The second kappa shape index (κ2) is 7.57. The van der Waals surface area contributed by atoms with Gasteiger partial charge in [0.1, 0.15) is 5.82 Å². The van der Waals surface area contributed by atoms with Crippen LogP contribution in [0.2, 0.25) is 0 Å². The van der Waals surface area contributed by atoms with E-state index in [2.05, 4.69) is 31.1 Å². The Morgan fingerprint density at radius 3 is 2.78 bits per heavy atom. The number of hydrogen-bond acceptors (Lipinski definition) is 4. The molecule has 1 amide bonds. The molecule has 0 saturated carbocycles. The lowest BCUT2D eigenvalue weighted by Crippen LogP contribution is -2.36. The fraction of sp³-hybridized carbons (Fsp3) is 0.294. The molecule has 1 aliphatic rings. The predicted octanol–water partition coefficient (Wildman–Crippen LogP) is 2.86. The van der Waals surface area contributed by atoms with Crippen molar-refractivity contribution >= 4 is 33.3 Å². The molecule has 1 aliphatic heterocycles. The summed E-state index contributed by atoms with van der Waals surface area (Å²) in [6, 6.07) is 11.6. The monoisotopic (exact) mass is 375 g/mol. The van der Waals surface area contributed by atoms with Crippen molar-refractivity contribution < 1.29 is 9.53 Å². The van der Waals surface area contributed by atoms with Gasteiger partial charge in [-0.05, 0) is 29.8 Å². The Bertz CT molecular complexity index is 670. The highest BCUT2D eigenvalue weighted by Crippen LogP contribution is 2.16. The maximum atomic E-state index is 12.1. The first-order valence-electron chi connectivity index (χ1n) is 7.54. The number of rotatable bonds is 4. The van der Waals surface area contributed by atoms with Crippen molar-refractivity contribution in [2.75, 3.05) is 36.5 Å². The summed E-state index contributed by atoms with van der Waals surface area (Å²) in [6.45, 7) is 3.16. The summed E-state index contributed by atoms with van der Waals surface area (Å²) >= 11 is 3.41. The van der Waals surface area contributed by atoms with Crippen LogP contribution in [0.5, 0.6) is 0 Å². The Hall–Kier alpha value is -1.92. The molecular formula is C17H18BrN3O2. The fourth-order valence-corrected chi connectivity index (χ4v) is 2.92. The number of amides is 1. The first-order valence-corrected chi connectivity index (χ1v) is 8.33. The van der Waals surface area contributed by atoms with Crippen molar-refractivity contribution in [3.63, 3.8) is 0 Å². The Kier molecular flexibility index (Phi) is 5.25. The molecule has 1 N–H and O–H groups in total. The maximum Gasteiger partial charge on any atom is 0.228 e. The fourth-order valence-electron chi connectivity index (χ4n) is 2.48. The SMILES string of the molecule is O=C(Cc1cccc(Br)c1)Nc1ccc(N2CCOCC2)nc1. The van der Waals surface area contributed by atoms with E-state index < -0.39 is 0 Å². The first-order chi connectivity index (χ1) is 11.2. The van der Waals surface area contributed by atoms with Gasteiger partial charge in [0, 0.05) is 17.6 Å². The highest BCUT2D eigenvalue weighted by molar-refractivity contribution is 9.10. The molecule has 0 unspecified atom stereocenters. The van der Waals surface area contributed by atoms with Gasteiger partial charge in [0.25, 0.3) is 0 Å². The molecular weight excluding hydrogens is 358 g/mol. The van der Waals surface area contributed by atoms with Gasteiger partial charge in [-0.15, -0.1) is 0 Å². The third-order valence-electron chi connectivity index (χ3n) is 3.62. The zero-order chi connectivity index (χ0) is 16.1. The van der Waals surface area contributed by atoms with Gasteiger partial charge in [-0.25, -0.2) is 4.98 Å². The van der Waals surface area contributed by atoms with Crippen LogP contribution in [-0.4, -0.2) is 37.2 Å². The van der Waals surface area contributed by atoms with Crippen LogP contribution in [0.4, 0.5) is 11.5 Å². The lowest BCUT2D eigenvalue weighted by molar-refractivity contribution is -0.115. The maximum absolute atomic E-state index is 12.1. The summed E-state index contributed by atoms with van der Waals surface area (Å²) in [5.74, 6) is 0.863. The van der Waals surface area contributed by atoms with Crippen molar-refractivity contribution in [1.29, 1.82) is 0 Å². The summed E-state index contributed by atoms with van der Waals surface area (Å²) in [5.41, 5.74) is 1.68. The highest BCUT2D eigenvalue weighted by Gasteiger charge is 2.12. The van der Waals surface area contributed by atoms with Gasteiger partial charge in [0.15, 0.2) is 0 Å². The molecule has 3 rings (SSSR count). The van der Waals surface area contributed by atoms with E-state index in [1.807, 2.05) is 36.4 Å². The molecule has 0 bridgehead atoms. The van der Waals surface area contributed by atoms with Crippen molar-refractivity contribution in [2.24, 2.45) is 0 Å². The van der Waals surface area contributed by atoms with Crippen LogP contribution in [0.15, 0.2) is 47.1 Å². The number of morpholine rings is 1. The van der Waals surface area contributed by atoms with Gasteiger partial charge in [-0.2, -0.15) is 0 Å². The summed E-state index contributed by atoms with van der Waals surface area (Å²) in [7, 11) is 0. The van der Waals surface area contributed by atoms with Crippen LogP contribution in [0, 0.1) is 0 Å². The van der Waals surface area contributed by atoms with Crippen LogP contribution >= 0.6 is 15.9 Å². The van der Waals surface area contributed by atoms with Gasteiger partial charge in [-0.1, -0.05) is 28.1 Å². The molecule has 0 atom stereocenters. The minimum absolute atomic E-state index is 0.0518. The number of ether oxygens (including phenoxy) is 1. The van der Waals surface area contributed by atoms with Crippen molar-refractivity contribution in [3.05, 3.63) is 52.6 Å². The topological polar surface area (TPSA) is 54.5 Å². The van der Waals surface area contributed by atoms with Gasteiger partial charge in [-0.3, -0.25) is 4.79 Å². The molecule has 1 aromatic carbocycles. The normalized spacial score (nSPS) is 14.6. The van der Waals surface area contributed by atoms with Crippen molar-refractivity contribution in [1.82, 2.24) is 4.98 Å². The standard InChI is InChI=1S/C17H18BrN3O2/c18-14-3-1-2-13(10-14)11-17(22)20-15-4-5-16(19-12-15)21-6-8-23-9-7-21/h1-5,10,12H,6-9,11H2,(H,20,22). The number of nitrogens with one attached hydrogen (secondary N) is 1. The number of aromatic nitrogens is 1. The minimum Gasteiger partial charge on any atom is -0.378 e. The first kappa shape index (κ1) is 16.0. The Labute approximate surface area is 143 Å². The quantitative estimate of drug-likeness (QED) is 0.892. The number of benzene rings is 1. The third-order valence-corrected chi connectivity index (χ3v) is 4.11. The number of carbonyl (C=O) groups excluding carboxylic acids is 1. The van der Waals surface area contributed by atoms with Crippen LogP contribution < -0.4 is 10.2 Å². The number of pyridine rings is 1. The number of halogens is 1. The average Bonchev–Trinajstić information content (AvgIpc) is 2.56. The lowest BCUT2D eigenvalue weighted by atomic mass is 10.1. The van der Waals surface area contributed by atoms with E-state index in [4.69, 9.17) is 4.74 Å². The van der Waals surface area contributed by atoms with Crippen molar-refractivity contribution in [3.8, 4) is 0 Å². The predicted molar refractivity (Wildman–Crippen MR) is 93.7 cm³/mol. The molecule has 0 aliphatic carbocycles. The van der Waals surface area contributed by atoms with E-state index in [9.17, 15) is 4.79 Å². The molecule has 2 aromatic rings. The second-order valence-electron chi connectivity index (χ2n) is 5.36. The van der Waals surface area contributed by atoms with Crippen molar-refractivity contribution in [2.45, 2.75) is 6.42 Å². The van der Waals surface area contributed by atoms with Crippen LogP contribution in [0.1, 0.15) is 5.56 Å². The smallest absolute Gasteiger partial charge is 0.228 e. The molecule has 2 heterocycles. The number of anilines is 2. The molecule has 0 radical (unpaired) electrons. The zero-order valence-electron chi connectivity index (χ0n) is 12.7. The van der Waals surface area contributed by atoms with Crippen LogP contribution in [0.25, 0.3) is 0 Å². The number of hydrogen-bond donors (Lipinski definition) is 1. The Morgan fingerprint density at radius 1 is 1.26 bits per heavy atom. The summed E-state index contributed by atoms with van der Waals surface area (Å²) in [5, 5.41) is 2.88. The van der Waals surface area contributed by atoms with Gasteiger partial charge in [0.2, 0.25) is 5.91 Å².